The van der Waals surface area contributed by atoms with Crippen LogP contribution in [0.3, 0.4) is 0 Å². The van der Waals surface area contributed by atoms with E-state index in [1.54, 1.807) is 4.90 Å². The Morgan fingerprint density at radius 3 is 2.28 bits per heavy atom. The normalized spacial score (nSPS) is 21.2. The molecular formula is C20H38N2O3. The van der Waals surface area contributed by atoms with E-state index >= 15 is 0 Å². The van der Waals surface area contributed by atoms with Gasteiger partial charge in [0.25, 0.3) is 0 Å². The fourth-order valence-electron chi connectivity index (χ4n) is 3.24. The van der Waals surface area contributed by atoms with Gasteiger partial charge in [0.15, 0.2) is 5.78 Å². The quantitative estimate of drug-likeness (QED) is 0.627. The lowest BCUT2D eigenvalue weighted by Gasteiger charge is -2.44. The molecule has 0 spiro atoms. The van der Waals surface area contributed by atoms with E-state index in [9.17, 15) is 9.59 Å². The summed E-state index contributed by atoms with van der Waals surface area (Å²) in [6.07, 6.45) is 8.43. The number of nitrogens with zero attached hydrogens (tertiary/aromatic N) is 1. The van der Waals surface area contributed by atoms with Gasteiger partial charge in [0.1, 0.15) is 11.1 Å². The van der Waals surface area contributed by atoms with E-state index in [4.69, 9.17) is 4.74 Å². The van der Waals surface area contributed by atoms with Crippen LogP contribution in [0.5, 0.6) is 0 Å². The minimum absolute atomic E-state index is 0.138. The van der Waals surface area contributed by atoms with Crippen LogP contribution in [0.1, 0.15) is 86.0 Å². The Morgan fingerprint density at radius 1 is 1.08 bits per heavy atom. The Hall–Kier alpha value is -1.10. The fraction of sp³-hybridized carbons (Fsp3) is 0.900. The number of carbonyl (C=O) groups is 2. The molecule has 1 atom stereocenters. The number of amides is 1. The molecule has 146 valence electrons. The first-order valence-corrected chi connectivity index (χ1v) is 9.95. The third-order valence-electron chi connectivity index (χ3n) is 4.80. The van der Waals surface area contributed by atoms with E-state index in [1.807, 2.05) is 27.7 Å². The molecule has 0 aromatic heterocycles. The number of carbonyl (C=O) groups excluding carboxylic acids is 2. The van der Waals surface area contributed by atoms with Crippen molar-refractivity contribution in [2.75, 3.05) is 19.6 Å². The third-order valence-corrected chi connectivity index (χ3v) is 4.80. The van der Waals surface area contributed by atoms with E-state index in [1.165, 1.54) is 32.1 Å². The Morgan fingerprint density at radius 2 is 1.68 bits per heavy atom. The van der Waals surface area contributed by atoms with E-state index < -0.39 is 11.1 Å². The molecule has 0 aromatic carbocycles. The van der Waals surface area contributed by atoms with Crippen molar-refractivity contribution in [3.63, 3.8) is 0 Å². The van der Waals surface area contributed by atoms with Crippen molar-refractivity contribution in [3.05, 3.63) is 0 Å². The van der Waals surface area contributed by atoms with Crippen LogP contribution >= 0.6 is 0 Å². The van der Waals surface area contributed by atoms with Gasteiger partial charge in [-0.2, -0.15) is 0 Å². The monoisotopic (exact) mass is 354 g/mol. The van der Waals surface area contributed by atoms with Crippen molar-refractivity contribution in [1.29, 1.82) is 0 Å². The largest absolute Gasteiger partial charge is 0.444 e. The molecule has 1 aliphatic heterocycles. The van der Waals surface area contributed by atoms with Gasteiger partial charge in [-0.05, 0) is 34.1 Å². The predicted octanol–water partition coefficient (Wildman–Crippen LogP) is 4.30. The van der Waals surface area contributed by atoms with Crippen LogP contribution in [0.2, 0.25) is 0 Å². The van der Waals surface area contributed by atoms with Crippen LogP contribution in [0, 0.1) is 0 Å². The predicted molar refractivity (Wildman–Crippen MR) is 102 cm³/mol. The van der Waals surface area contributed by atoms with Gasteiger partial charge >= 0.3 is 6.09 Å². The lowest BCUT2D eigenvalue weighted by Crippen LogP contribution is -2.65. The average Bonchev–Trinajstić information content (AvgIpc) is 2.52. The summed E-state index contributed by atoms with van der Waals surface area (Å²) in [7, 11) is 0. The van der Waals surface area contributed by atoms with Crippen molar-refractivity contribution >= 4 is 11.9 Å². The summed E-state index contributed by atoms with van der Waals surface area (Å²) >= 11 is 0. The first-order valence-electron chi connectivity index (χ1n) is 9.95. The fourth-order valence-corrected chi connectivity index (χ4v) is 3.24. The highest BCUT2D eigenvalue weighted by Crippen LogP contribution is 2.24. The smallest absolute Gasteiger partial charge is 0.411 e. The molecule has 1 N–H and O–H groups in total. The van der Waals surface area contributed by atoms with Gasteiger partial charge in [-0.25, -0.2) is 4.79 Å². The number of hydrogen-bond acceptors (Lipinski definition) is 4. The summed E-state index contributed by atoms with van der Waals surface area (Å²) in [5.41, 5.74) is -1.35. The number of hydrogen-bond donors (Lipinski definition) is 1. The standard InChI is InChI=1S/C20H38N2O3/c1-6-7-8-9-10-11-12-13-17(23)20(5)16-21-14-15-22(20)18(24)25-19(2,3)4/h21H,6-16H2,1-5H3/t20-/m0/s1. The molecule has 1 heterocycles. The number of ether oxygens (including phenoxy) is 1. The van der Waals surface area contributed by atoms with Crippen molar-refractivity contribution in [2.45, 2.75) is 97.1 Å². The van der Waals surface area contributed by atoms with Crippen molar-refractivity contribution in [1.82, 2.24) is 10.2 Å². The molecule has 1 amide bonds. The molecule has 1 fully saturated rings. The highest BCUT2D eigenvalue weighted by atomic mass is 16.6. The van der Waals surface area contributed by atoms with E-state index in [2.05, 4.69) is 12.2 Å². The molecule has 0 aliphatic carbocycles. The van der Waals surface area contributed by atoms with Gasteiger partial charge in [0, 0.05) is 26.1 Å². The van der Waals surface area contributed by atoms with Crippen molar-refractivity contribution < 1.29 is 14.3 Å². The maximum Gasteiger partial charge on any atom is 0.411 e. The second kappa shape index (κ2) is 10.1. The van der Waals surface area contributed by atoms with Gasteiger partial charge in [-0.3, -0.25) is 9.69 Å². The maximum atomic E-state index is 12.8. The number of ketones is 1. The first-order chi connectivity index (χ1) is 11.7. The van der Waals surface area contributed by atoms with E-state index in [-0.39, 0.29) is 11.9 Å². The van der Waals surface area contributed by atoms with Gasteiger partial charge in [-0.1, -0.05) is 45.4 Å². The number of nitrogens with one attached hydrogen (secondary N) is 1. The van der Waals surface area contributed by atoms with Gasteiger partial charge < -0.3 is 10.1 Å². The minimum atomic E-state index is -0.803. The summed E-state index contributed by atoms with van der Waals surface area (Å²) in [6.45, 7) is 11.3. The number of rotatable bonds is 9. The maximum absolute atomic E-state index is 12.8. The molecular weight excluding hydrogens is 316 g/mol. The number of Topliss-reactive ketones (excluding diaryl/α,β-unsaturated/α-hetero) is 1. The van der Waals surface area contributed by atoms with Crippen LogP contribution in [0.15, 0.2) is 0 Å². The van der Waals surface area contributed by atoms with Crippen molar-refractivity contribution in [3.8, 4) is 0 Å². The molecule has 1 saturated heterocycles. The highest BCUT2D eigenvalue weighted by Gasteiger charge is 2.44. The molecule has 0 aromatic rings. The van der Waals surface area contributed by atoms with Gasteiger partial charge in [0.05, 0.1) is 0 Å². The second-order valence-corrected chi connectivity index (χ2v) is 8.38. The molecule has 1 aliphatic rings. The molecule has 5 heteroatoms. The molecule has 0 bridgehead atoms. The number of unbranched alkanes of at least 4 members (excludes halogenated alkanes) is 6. The first kappa shape index (κ1) is 21.9. The number of piperazine rings is 1. The summed E-state index contributed by atoms with van der Waals surface area (Å²) in [6, 6.07) is 0. The Balaban J connectivity index is 2.52. The van der Waals surface area contributed by atoms with Crippen LogP contribution in [-0.4, -0.2) is 47.6 Å². The Labute approximate surface area is 153 Å². The molecule has 0 saturated carbocycles. The minimum Gasteiger partial charge on any atom is -0.444 e. The van der Waals surface area contributed by atoms with E-state index in [0.29, 0.717) is 26.1 Å². The highest BCUT2D eigenvalue weighted by molar-refractivity contribution is 5.91. The zero-order valence-corrected chi connectivity index (χ0v) is 17.0. The summed E-state index contributed by atoms with van der Waals surface area (Å²) < 4.78 is 5.51. The zero-order chi connectivity index (χ0) is 18.9. The van der Waals surface area contributed by atoms with Crippen LogP contribution < -0.4 is 5.32 Å². The molecule has 0 unspecified atom stereocenters. The molecule has 25 heavy (non-hydrogen) atoms. The van der Waals surface area contributed by atoms with Gasteiger partial charge in [-0.15, -0.1) is 0 Å². The van der Waals surface area contributed by atoms with Crippen LogP contribution in [0.4, 0.5) is 4.79 Å². The van der Waals surface area contributed by atoms with Crippen LogP contribution in [0.25, 0.3) is 0 Å². The summed E-state index contributed by atoms with van der Waals surface area (Å²) in [5.74, 6) is 0.138. The topological polar surface area (TPSA) is 58.6 Å². The molecule has 5 nitrogen and oxygen atoms in total. The Bertz CT molecular complexity index is 431. The average molecular weight is 355 g/mol. The third kappa shape index (κ3) is 7.35. The molecule has 1 rings (SSSR count). The Kier molecular flexibility index (Phi) is 8.91. The van der Waals surface area contributed by atoms with Gasteiger partial charge in [0.2, 0.25) is 0 Å². The lowest BCUT2D eigenvalue weighted by atomic mass is 9.89. The second-order valence-electron chi connectivity index (χ2n) is 8.38. The summed E-state index contributed by atoms with van der Waals surface area (Å²) in [5, 5.41) is 3.26. The molecule has 0 radical (unpaired) electrons. The van der Waals surface area contributed by atoms with Crippen molar-refractivity contribution in [2.24, 2.45) is 0 Å². The SMILES string of the molecule is CCCCCCCCCC(=O)[C@]1(C)CNCCN1C(=O)OC(C)(C)C. The lowest BCUT2D eigenvalue weighted by molar-refractivity contribution is -0.131. The summed E-state index contributed by atoms with van der Waals surface area (Å²) in [4.78, 5) is 27.0. The zero-order valence-electron chi connectivity index (χ0n) is 17.0. The van der Waals surface area contributed by atoms with E-state index in [0.717, 1.165) is 12.8 Å². The van der Waals surface area contributed by atoms with Crippen LogP contribution in [-0.2, 0) is 9.53 Å².